The molecule has 0 spiro atoms. The van der Waals surface area contributed by atoms with E-state index in [2.05, 4.69) is 78.1 Å². The third-order valence-electron chi connectivity index (χ3n) is 3.63. The van der Waals surface area contributed by atoms with E-state index < -0.39 is 0 Å². The third kappa shape index (κ3) is 2.77. The lowest BCUT2D eigenvalue weighted by Gasteiger charge is -2.09. The second kappa shape index (κ2) is 6.42. The minimum Gasteiger partial charge on any atom is -0.381 e. The van der Waals surface area contributed by atoms with Gasteiger partial charge in [0, 0.05) is 56.0 Å². The fourth-order valence-corrected chi connectivity index (χ4v) is 2.30. The van der Waals surface area contributed by atoms with Crippen LogP contribution in [0, 0.1) is 0 Å². The Labute approximate surface area is 121 Å². The molecule has 0 fully saturated rings. The van der Waals surface area contributed by atoms with E-state index in [4.69, 9.17) is 0 Å². The van der Waals surface area contributed by atoms with Gasteiger partial charge in [0.05, 0.1) is 5.71 Å². The van der Waals surface area contributed by atoms with Crippen LogP contribution in [0.1, 0.15) is 19.4 Å². The van der Waals surface area contributed by atoms with Crippen molar-refractivity contribution < 1.29 is 0 Å². The zero-order valence-electron chi connectivity index (χ0n) is 12.8. The van der Waals surface area contributed by atoms with Gasteiger partial charge in [0.1, 0.15) is 0 Å². The Balaban J connectivity index is 2.48. The Hall–Kier alpha value is -2.03. The highest BCUT2D eigenvalue weighted by Gasteiger charge is 2.10. The predicted molar refractivity (Wildman–Crippen MR) is 87.5 cm³/mol. The fraction of sp³-hybridized carbons (Fsp3) is 0.353. The molecule has 0 bridgehead atoms. The Kier molecular flexibility index (Phi) is 4.61. The molecule has 1 aromatic carbocycles. The Morgan fingerprint density at radius 3 is 2.70 bits per heavy atom. The van der Waals surface area contributed by atoms with Gasteiger partial charge >= 0.3 is 0 Å². The Bertz CT molecular complexity index is 635. The van der Waals surface area contributed by atoms with Crippen molar-refractivity contribution in [2.45, 2.75) is 20.4 Å². The van der Waals surface area contributed by atoms with Gasteiger partial charge in [-0.2, -0.15) is 0 Å². The van der Waals surface area contributed by atoms with Crippen LogP contribution in [-0.4, -0.2) is 35.8 Å². The van der Waals surface area contributed by atoms with E-state index in [1.54, 1.807) is 0 Å². The molecule has 0 amide bonds. The van der Waals surface area contributed by atoms with Crippen molar-refractivity contribution >= 4 is 16.6 Å². The maximum Gasteiger partial charge on any atom is 0.0679 e. The molecule has 0 saturated carbocycles. The van der Waals surface area contributed by atoms with Crippen molar-refractivity contribution in [3.8, 4) is 0 Å². The molecule has 106 valence electrons. The SMILES string of the molecule is CCN(C)/C=C\C(=NC)c1cn(CC)c2ccccc12. The highest BCUT2D eigenvalue weighted by atomic mass is 15.1. The molecule has 0 N–H and O–H groups in total. The number of hydrogen-bond donors (Lipinski definition) is 0. The first kappa shape index (κ1) is 14.4. The molecule has 0 aliphatic carbocycles. The van der Waals surface area contributed by atoms with Crippen LogP contribution in [-0.2, 0) is 6.54 Å². The lowest BCUT2D eigenvalue weighted by Crippen LogP contribution is -2.09. The van der Waals surface area contributed by atoms with Crippen molar-refractivity contribution in [1.29, 1.82) is 0 Å². The number of hydrogen-bond acceptors (Lipinski definition) is 2. The molecule has 0 saturated heterocycles. The molecule has 0 atom stereocenters. The number of aromatic nitrogens is 1. The Morgan fingerprint density at radius 1 is 1.30 bits per heavy atom. The summed E-state index contributed by atoms with van der Waals surface area (Å²) < 4.78 is 2.27. The van der Waals surface area contributed by atoms with Gasteiger partial charge in [-0.15, -0.1) is 0 Å². The molecule has 1 heterocycles. The number of rotatable bonds is 5. The maximum absolute atomic E-state index is 4.45. The van der Waals surface area contributed by atoms with E-state index in [0.717, 1.165) is 18.8 Å². The Morgan fingerprint density at radius 2 is 2.05 bits per heavy atom. The second-order valence-corrected chi connectivity index (χ2v) is 4.84. The van der Waals surface area contributed by atoms with Crippen LogP contribution in [0.4, 0.5) is 0 Å². The zero-order valence-corrected chi connectivity index (χ0v) is 12.8. The monoisotopic (exact) mass is 269 g/mol. The summed E-state index contributed by atoms with van der Waals surface area (Å²) in [6.07, 6.45) is 6.37. The molecule has 0 radical (unpaired) electrons. The molecular weight excluding hydrogens is 246 g/mol. The average Bonchev–Trinajstić information content (AvgIpc) is 2.86. The highest BCUT2D eigenvalue weighted by Crippen LogP contribution is 2.22. The van der Waals surface area contributed by atoms with Crippen LogP contribution in [0.5, 0.6) is 0 Å². The van der Waals surface area contributed by atoms with Crippen molar-refractivity contribution in [3.63, 3.8) is 0 Å². The van der Waals surface area contributed by atoms with Gasteiger partial charge in [0.15, 0.2) is 0 Å². The van der Waals surface area contributed by atoms with Gasteiger partial charge in [-0.1, -0.05) is 18.2 Å². The fourth-order valence-electron chi connectivity index (χ4n) is 2.30. The highest BCUT2D eigenvalue weighted by molar-refractivity contribution is 6.16. The van der Waals surface area contributed by atoms with Gasteiger partial charge in [-0.25, -0.2) is 0 Å². The minimum absolute atomic E-state index is 0.968. The number of benzene rings is 1. The van der Waals surface area contributed by atoms with E-state index >= 15 is 0 Å². The van der Waals surface area contributed by atoms with Crippen molar-refractivity contribution in [2.75, 3.05) is 20.6 Å². The number of allylic oxidation sites excluding steroid dienone is 1. The van der Waals surface area contributed by atoms with E-state index in [0.29, 0.717) is 0 Å². The van der Waals surface area contributed by atoms with Crippen molar-refractivity contribution in [2.24, 2.45) is 4.99 Å². The molecular formula is C17H23N3. The molecule has 1 aromatic heterocycles. The lowest BCUT2D eigenvalue weighted by atomic mass is 10.1. The first-order chi connectivity index (χ1) is 9.71. The van der Waals surface area contributed by atoms with Gasteiger partial charge in [0.2, 0.25) is 0 Å². The first-order valence-electron chi connectivity index (χ1n) is 7.14. The molecule has 2 aromatic rings. The quantitative estimate of drug-likeness (QED) is 0.760. The first-order valence-corrected chi connectivity index (χ1v) is 7.14. The van der Waals surface area contributed by atoms with Crippen LogP contribution in [0.2, 0.25) is 0 Å². The minimum atomic E-state index is 0.968. The van der Waals surface area contributed by atoms with Crippen LogP contribution < -0.4 is 0 Å². The van der Waals surface area contributed by atoms with Gasteiger partial charge in [0.25, 0.3) is 0 Å². The zero-order chi connectivity index (χ0) is 14.5. The van der Waals surface area contributed by atoms with Crippen molar-refractivity contribution in [1.82, 2.24) is 9.47 Å². The largest absolute Gasteiger partial charge is 0.381 e. The molecule has 0 aliphatic rings. The molecule has 0 unspecified atom stereocenters. The van der Waals surface area contributed by atoms with E-state index in [1.165, 1.54) is 16.5 Å². The third-order valence-corrected chi connectivity index (χ3v) is 3.63. The second-order valence-electron chi connectivity index (χ2n) is 4.84. The number of aryl methyl sites for hydroxylation is 1. The predicted octanol–water partition coefficient (Wildman–Crippen LogP) is 3.55. The van der Waals surface area contributed by atoms with Crippen LogP contribution >= 0.6 is 0 Å². The normalized spacial score (nSPS) is 12.5. The number of aliphatic imine (C=N–C) groups is 1. The maximum atomic E-state index is 4.45. The van der Waals surface area contributed by atoms with E-state index in [1.807, 2.05) is 7.05 Å². The van der Waals surface area contributed by atoms with Crippen LogP contribution in [0.15, 0.2) is 47.7 Å². The van der Waals surface area contributed by atoms with E-state index in [9.17, 15) is 0 Å². The molecule has 0 aliphatic heterocycles. The molecule has 3 nitrogen and oxygen atoms in total. The summed E-state index contributed by atoms with van der Waals surface area (Å²) in [6, 6.07) is 8.50. The standard InChI is InChI=1S/C17H23N3/c1-5-19(4)12-11-16(18-3)15-13-20(6-2)17-10-8-7-9-14(15)17/h7-13H,5-6H2,1-4H3/b12-11-,18-16?. The van der Waals surface area contributed by atoms with E-state index in [-0.39, 0.29) is 0 Å². The van der Waals surface area contributed by atoms with Crippen LogP contribution in [0.3, 0.4) is 0 Å². The summed E-state index contributed by atoms with van der Waals surface area (Å²) in [5.74, 6) is 0. The number of fused-ring (bicyclic) bond motifs is 1. The summed E-state index contributed by atoms with van der Waals surface area (Å²) in [4.78, 5) is 6.60. The van der Waals surface area contributed by atoms with Crippen LogP contribution in [0.25, 0.3) is 10.9 Å². The summed E-state index contributed by atoms with van der Waals surface area (Å²) in [7, 11) is 3.92. The smallest absolute Gasteiger partial charge is 0.0679 e. The lowest BCUT2D eigenvalue weighted by molar-refractivity contribution is 0.484. The molecule has 3 heteroatoms. The summed E-state index contributed by atoms with van der Waals surface area (Å²) >= 11 is 0. The van der Waals surface area contributed by atoms with Gasteiger partial charge in [-0.05, 0) is 26.0 Å². The topological polar surface area (TPSA) is 20.5 Å². The van der Waals surface area contributed by atoms with Gasteiger partial charge < -0.3 is 9.47 Å². The molecule has 2 rings (SSSR count). The van der Waals surface area contributed by atoms with Crippen molar-refractivity contribution in [3.05, 3.63) is 48.3 Å². The van der Waals surface area contributed by atoms with Gasteiger partial charge in [-0.3, -0.25) is 4.99 Å². The number of para-hydroxylation sites is 1. The summed E-state index contributed by atoms with van der Waals surface area (Å²) in [6.45, 7) is 6.26. The average molecular weight is 269 g/mol. The molecule has 20 heavy (non-hydrogen) atoms. The number of nitrogens with zero attached hydrogens (tertiary/aromatic N) is 3. The summed E-state index contributed by atoms with van der Waals surface area (Å²) in [5, 5.41) is 1.26. The summed E-state index contributed by atoms with van der Waals surface area (Å²) in [5.41, 5.74) is 3.49.